The van der Waals surface area contributed by atoms with Crippen LogP contribution in [-0.2, 0) is 9.59 Å². The molecule has 0 aliphatic heterocycles. The van der Waals surface area contributed by atoms with Gasteiger partial charge in [-0.1, -0.05) is 19.9 Å². The van der Waals surface area contributed by atoms with E-state index in [4.69, 9.17) is 0 Å². The number of nitrogens with zero attached hydrogens (tertiary/aromatic N) is 1. The standard InChI is InChI=1S/C12H18BN3O4/c1-8(2)7-9(13(19)20)15-11(17)12(18)16-10-5-3-4-6-14-10/h3-6,8-9,19-20H,7H2,1-2H3,(H,15,17)(H,14,16,18)/t9-/m0/s1. The molecule has 0 aliphatic carbocycles. The van der Waals surface area contributed by atoms with Crippen molar-refractivity contribution in [2.75, 3.05) is 5.32 Å². The zero-order valence-electron chi connectivity index (χ0n) is 11.4. The molecule has 0 aromatic carbocycles. The van der Waals surface area contributed by atoms with Gasteiger partial charge in [-0.3, -0.25) is 9.59 Å². The third-order valence-electron chi connectivity index (χ3n) is 2.51. The van der Waals surface area contributed by atoms with Crippen LogP contribution in [0.2, 0.25) is 0 Å². The lowest BCUT2D eigenvalue weighted by Crippen LogP contribution is -2.50. The Balaban J connectivity index is 2.58. The van der Waals surface area contributed by atoms with Gasteiger partial charge < -0.3 is 20.7 Å². The average molecular weight is 279 g/mol. The van der Waals surface area contributed by atoms with Crippen LogP contribution in [0.15, 0.2) is 24.4 Å². The number of carbonyl (C=O) groups is 2. The summed E-state index contributed by atoms with van der Waals surface area (Å²) in [5.74, 6) is -2.34. The van der Waals surface area contributed by atoms with E-state index in [0.29, 0.717) is 6.42 Å². The lowest BCUT2D eigenvalue weighted by Gasteiger charge is -2.19. The molecular formula is C12H18BN3O4. The molecule has 108 valence electrons. The van der Waals surface area contributed by atoms with E-state index in [1.54, 1.807) is 12.1 Å². The molecule has 4 N–H and O–H groups in total. The van der Waals surface area contributed by atoms with Crippen molar-refractivity contribution in [3.8, 4) is 0 Å². The summed E-state index contributed by atoms with van der Waals surface area (Å²) in [4.78, 5) is 27.2. The highest BCUT2D eigenvalue weighted by Gasteiger charge is 2.28. The van der Waals surface area contributed by atoms with Crippen LogP contribution in [-0.4, -0.2) is 39.9 Å². The van der Waals surface area contributed by atoms with Crippen molar-refractivity contribution in [3.05, 3.63) is 24.4 Å². The predicted molar refractivity (Wildman–Crippen MR) is 74.4 cm³/mol. The van der Waals surface area contributed by atoms with Crippen LogP contribution in [0.1, 0.15) is 20.3 Å². The Kier molecular flexibility index (Phi) is 6.14. The second-order valence-electron chi connectivity index (χ2n) is 4.79. The zero-order chi connectivity index (χ0) is 15.1. The second-order valence-corrected chi connectivity index (χ2v) is 4.79. The number of rotatable bonds is 5. The van der Waals surface area contributed by atoms with E-state index in [1.165, 1.54) is 12.3 Å². The smallest absolute Gasteiger partial charge is 0.426 e. The minimum absolute atomic E-state index is 0.140. The topological polar surface area (TPSA) is 112 Å². The predicted octanol–water partition coefficient (Wildman–Crippen LogP) is -0.437. The first-order valence-corrected chi connectivity index (χ1v) is 6.29. The molecule has 1 atom stereocenters. The van der Waals surface area contributed by atoms with E-state index < -0.39 is 24.9 Å². The van der Waals surface area contributed by atoms with Gasteiger partial charge in [-0.25, -0.2) is 4.98 Å². The quantitative estimate of drug-likeness (QED) is 0.431. The molecule has 0 radical (unpaired) electrons. The molecule has 0 unspecified atom stereocenters. The SMILES string of the molecule is CC(C)C[C@H](NC(=O)C(=O)Nc1ccccn1)B(O)O. The molecule has 0 saturated heterocycles. The maximum atomic E-state index is 11.7. The van der Waals surface area contributed by atoms with E-state index in [2.05, 4.69) is 15.6 Å². The van der Waals surface area contributed by atoms with Gasteiger partial charge in [0.2, 0.25) is 0 Å². The Hall–Kier alpha value is -1.93. The fraction of sp³-hybridized carbons (Fsp3) is 0.417. The largest absolute Gasteiger partial charge is 0.475 e. The summed E-state index contributed by atoms with van der Waals surface area (Å²) in [6, 6.07) is 4.88. The molecule has 20 heavy (non-hydrogen) atoms. The molecule has 1 rings (SSSR count). The third-order valence-corrected chi connectivity index (χ3v) is 2.51. The van der Waals surface area contributed by atoms with Crippen molar-refractivity contribution in [2.24, 2.45) is 5.92 Å². The molecule has 0 saturated carbocycles. The second kappa shape index (κ2) is 7.61. The van der Waals surface area contributed by atoms with E-state index in [-0.39, 0.29) is 11.7 Å². The molecule has 1 aromatic rings. The molecule has 0 spiro atoms. The van der Waals surface area contributed by atoms with Gasteiger partial charge in [-0.2, -0.15) is 0 Å². The van der Waals surface area contributed by atoms with Crippen molar-refractivity contribution in [3.63, 3.8) is 0 Å². The molecule has 8 heteroatoms. The van der Waals surface area contributed by atoms with Gasteiger partial charge in [0, 0.05) is 6.20 Å². The van der Waals surface area contributed by atoms with E-state index in [1.807, 2.05) is 13.8 Å². The average Bonchev–Trinajstić information content (AvgIpc) is 2.38. The Labute approximate surface area is 117 Å². The summed E-state index contributed by atoms with van der Waals surface area (Å²) in [5.41, 5.74) is 0. The van der Waals surface area contributed by atoms with E-state index in [9.17, 15) is 19.6 Å². The highest BCUT2D eigenvalue weighted by molar-refractivity contribution is 6.46. The molecule has 2 amide bonds. The fourth-order valence-corrected chi connectivity index (χ4v) is 1.61. The first kappa shape index (κ1) is 16.1. The molecule has 0 bridgehead atoms. The summed E-state index contributed by atoms with van der Waals surface area (Å²) in [7, 11) is -1.72. The first-order chi connectivity index (χ1) is 9.40. The van der Waals surface area contributed by atoms with Gasteiger partial charge in [0.1, 0.15) is 5.82 Å². The van der Waals surface area contributed by atoms with E-state index in [0.717, 1.165) is 0 Å². The van der Waals surface area contributed by atoms with Crippen LogP contribution in [0.4, 0.5) is 5.82 Å². The first-order valence-electron chi connectivity index (χ1n) is 6.29. The zero-order valence-corrected chi connectivity index (χ0v) is 11.4. The van der Waals surface area contributed by atoms with Crippen LogP contribution in [0.3, 0.4) is 0 Å². The van der Waals surface area contributed by atoms with Crippen LogP contribution in [0.5, 0.6) is 0 Å². The number of carbonyl (C=O) groups excluding carboxylic acids is 2. The number of aromatic nitrogens is 1. The molecular weight excluding hydrogens is 261 g/mol. The number of pyridine rings is 1. The van der Waals surface area contributed by atoms with Crippen molar-refractivity contribution in [1.29, 1.82) is 0 Å². The van der Waals surface area contributed by atoms with E-state index >= 15 is 0 Å². The number of hydrogen-bond donors (Lipinski definition) is 4. The monoisotopic (exact) mass is 279 g/mol. The minimum Gasteiger partial charge on any atom is -0.426 e. The Morgan fingerprint density at radius 1 is 1.30 bits per heavy atom. The van der Waals surface area contributed by atoms with Gasteiger partial charge in [0.05, 0.1) is 5.94 Å². The minimum atomic E-state index is -1.72. The van der Waals surface area contributed by atoms with Gasteiger partial charge in [0.15, 0.2) is 0 Å². The summed E-state index contributed by atoms with van der Waals surface area (Å²) in [5, 5.41) is 23.0. The van der Waals surface area contributed by atoms with Crippen LogP contribution >= 0.6 is 0 Å². The Morgan fingerprint density at radius 2 is 2.00 bits per heavy atom. The van der Waals surface area contributed by atoms with Crippen LogP contribution in [0, 0.1) is 5.92 Å². The fourth-order valence-electron chi connectivity index (χ4n) is 1.61. The number of nitrogens with one attached hydrogen (secondary N) is 2. The number of amides is 2. The Morgan fingerprint density at radius 3 is 2.50 bits per heavy atom. The van der Waals surface area contributed by atoms with Gasteiger partial charge >= 0.3 is 18.9 Å². The van der Waals surface area contributed by atoms with Crippen molar-refractivity contribution in [1.82, 2.24) is 10.3 Å². The third kappa shape index (κ3) is 5.37. The molecule has 0 fully saturated rings. The van der Waals surface area contributed by atoms with Gasteiger partial charge in [-0.05, 0) is 24.5 Å². The lowest BCUT2D eigenvalue weighted by atomic mass is 9.75. The molecule has 0 aliphatic rings. The maximum absolute atomic E-state index is 11.7. The Bertz CT molecular complexity index is 453. The van der Waals surface area contributed by atoms with Crippen molar-refractivity contribution < 1.29 is 19.6 Å². The van der Waals surface area contributed by atoms with Crippen LogP contribution < -0.4 is 10.6 Å². The van der Waals surface area contributed by atoms with Crippen molar-refractivity contribution >= 4 is 24.8 Å². The summed E-state index contributed by atoms with van der Waals surface area (Å²) >= 11 is 0. The molecule has 1 aromatic heterocycles. The van der Waals surface area contributed by atoms with Gasteiger partial charge in [0.25, 0.3) is 0 Å². The van der Waals surface area contributed by atoms with Crippen LogP contribution in [0.25, 0.3) is 0 Å². The summed E-state index contributed by atoms with van der Waals surface area (Å²) < 4.78 is 0. The van der Waals surface area contributed by atoms with Gasteiger partial charge in [-0.15, -0.1) is 0 Å². The number of hydrogen-bond acceptors (Lipinski definition) is 5. The summed E-state index contributed by atoms with van der Waals surface area (Å²) in [6.07, 6.45) is 1.83. The molecule has 7 nitrogen and oxygen atoms in total. The summed E-state index contributed by atoms with van der Waals surface area (Å²) in [6.45, 7) is 3.74. The number of anilines is 1. The highest BCUT2D eigenvalue weighted by atomic mass is 16.4. The molecule has 1 heterocycles. The highest BCUT2D eigenvalue weighted by Crippen LogP contribution is 2.06. The van der Waals surface area contributed by atoms with Crippen molar-refractivity contribution in [2.45, 2.75) is 26.2 Å². The normalized spacial score (nSPS) is 11.8. The lowest BCUT2D eigenvalue weighted by molar-refractivity contribution is -0.136. The maximum Gasteiger partial charge on any atom is 0.475 e.